The Bertz CT molecular complexity index is 829. The van der Waals surface area contributed by atoms with Gasteiger partial charge in [-0.1, -0.05) is 36.4 Å². The van der Waals surface area contributed by atoms with Gasteiger partial charge in [0.1, 0.15) is 0 Å². The highest BCUT2D eigenvalue weighted by molar-refractivity contribution is 7.89. The molecule has 0 aromatic heterocycles. The summed E-state index contributed by atoms with van der Waals surface area (Å²) in [4.78, 5) is 12.4. The Kier molecular flexibility index (Phi) is 5.50. The molecule has 3 rings (SSSR count). The molecule has 0 spiro atoms. The predicted molar refractivity (Wildman–Crippen MR) is 97.8 cm³/mol. The molecule has 6 heteroatoms. The molecule has 5 nitrogen and oxygen atoms in total. The van der Waals surface area contributed by atoms with Crippen LogP contribution in [0.5, 0.6) is 0 Å². The number of amides is 1. The smallest absolute Gasteiger partial charge is 0.243 e. The second-order valence-corrected chi connectivity index (χ2v) is 8.11. The maximum Gasteiger partial charge on any atom is 0.243 e. The minimum atomic E-state index is -3.47. The summed E-state index contributed by atoms with van der Waals surface area (Å²) in [5, 5.41) is 2.79. The lowest BCUT2D eigenvalue weighted by atomic mass is 10.1. The van der Waals surface area contributed by atoms with Gasteiger partial charge in [-0.2, -0.15) is 4.31 Å². The molecule has 25 heavy (non-hydrogen) atoms. The van der Waals surface area contributed by atoms with Gasteiger partial charge in [0.25, 0.3) is 0 Å². The highest BCUT2D eigenvalue weighted by Crippen LogP contribution is 2.23. The molecule has 0 unspecified atom stereocenters. The van der Waals surface area contributed by atoms with E-state index in [4.69, 9.17) is 0 Å². The van der Waals surface area contributed by atoms with Gasteiger partial charge in [-0.15, -0.1) is 0 Å². The number of carbonyl (C=O) groups excluding carboxylic acids is 1. The fourth-order valence-electron chi connectivity index (χ4n) is 2.94. The van der Waals surface area contributed by atoms with Crippen molar-refractivity contribution in [2.24, 2.45) is 0 Å². The van der Waals surface area contributed by atoms with Crippen LogP contribution in [0, 0.1) is 0 Å². The summed E-state index contributed by atoms with van der Waals surface area (Å²) < 4.78 is 26.7. The van der Waals surface area contributed by atoms with E-state index in [0.717, 1.165) is 18.4 Å². The highest BCUT2D eigenvalue weighted by Gasteiger charge is 2.27. The third-order valence-corrected chi connectivity index (χ3v) is 6.20. The average molecular weight is 358 g/mol. The molecule has 1 heterocycles. The molecular formula is C19H22N2O3S. The Labute approximate surface area is 148 Å². The van der Waals surface area contributed by atoms with Gasteiger partial charge in [0.2, 0.25) is 15.9 Å². The van der Waals surface area contributed by atoms with Gasteiger partial charge in [-0.3, -0.25) is 4.79 Å². The van der Waals surface area contributed by atoms with Gasteiger partial charge in [0.15, 0.2) is 0 Å². The van der Waals surface area contributed by atoms with Gasteiger partial charge in [0, 0.05) is 25.2 Å². The summed E-state index contributed by atoms with van der Waals surface area (Å²) in [6.45, 7) is 1.13. The zero-order valence-corrected chi connectivity index (χ0v) is 14.8. The topological polar surface area (TPSA) is 66.5 Å². The third kappa shape index (κ3) is 4.46. The normalized spacial score (nSPS) is 15.2. The second kappa shape index (κ2) is 7.80. The molecule has 1 saturated heterocycles. The fraction of sp³-hybridized carbons (Fsp3) is 0.316. The van der Waals surface area contributed by atoms with Crippen LogP contribution < -0.4 is 5.32 Å². The monoisotopic (exact) mass is 358 g/mol. The zero-order valence-electron chi connectivity index (χ0n) is 14.0. The number of nitrogens with zero attached hydrogens (tertiary/aromatic N) is 1. The maximum atomic E-state index is 12.6. The number of aryl methyl sites for hydroxylation is 1. The summed E-state index contributed by atoms with van der Waals surface area (Å²) in [5.41, 5.74) is 1.61. The van der Waals surface area contributed by atoms with Crippen LogP contribution in [0.25, 0.3) is 0 Å². The van der Waals surface area contributed by atoms with Crippen molar-refractivity contribution in [1.82, 2.24) is 4.31 Å². The molecule has 1 N–H and O–H groups in total. The van der Waals surface area contributed by atoms with Crippen molar-refractivity contribution in [2.45, 2.75) is 30.6 Å². The van der Waals surface area contributed by atoms with E-state index in [-0.39, 0.29) is 10.8 Å². The van der Waals surface area contributed by atoms with E-state index in [9.17, 15) is 13.2 Å². The molecule has 132 valence electrons. The first-order valence-corrected chi connectivity index (χ1v) is 9.94. The van der Waals surface area contributed by atoms with Crippen molar-refractivity contribution in [3.63, 3.8) is 0 Å². The van der Waals surface area contributed by atoms with Crippen molar-refractivity contribution in [2.75, 3.05) is 18.4 Å². The molecular weight excluding hydrogens is 336 g/mol. The van der Waals surface area contributed by atoms with Crippen LogP contribution in [0.1, 0.15) is 24.8 Å². The summed E-state index contributed by atoms with van der Waals surface area (Å²) >= 11 is 0. The fourth-order valence-corrected chi connectivity index (χ4v) is 4.50. The van der Waals surface area contributed by atoms with Gasteiger partial charge in [0.05, 0.1) is 4.90 Å². The van der Waals surface area contributed by atoms with Crippen LogP contribution in [0.15, 0.2) is 59.5 Å². The van der Waals surface area contributed by atoms with Crippen molar-refractivity contribution < 1.29 is 13.2 Å². The number of benzene rings is 2. The Morgan fingerprint density at radius 2 is 1.72 bits per heavy atom. The maximum absolute atomic E-state index is 12.6. The first-order valence-electron chi connectivity index (χ1n) is 8.50. The Balaban J connectivity index is 1.64. The Morgan fingerprint density at radius 1 is 1.00 bits per heavy atom. The van der Waals surface area contributed by atoms with Crippen LogP contribution in [0.4, 0.5) is 5.69 Å². The van der Waals surface area contributed by atoms with Crippen LogP contribution in [-0.4, -0.2) is 31.7 Å². The highest BCUT2D eigenvalue weighted by atomic mass is 32.2. The molecule has 1 fully saturated rings. The van der Waals surface area contributed by atoms with Crippen LogP contribution in [0.3, 0.4) is 0 Å². The molecule has 1 aliphatic rings. The number of hydrogen-bond donors (Lipinski definition) is 1. The molecule has 0 bridgehead atoms. The molecule has 0 saturated carbocycles. The van der Waals surface area contributed by atoms with Crippen LogP contribution in [-0.2, 0) is 21.2 Å². The molecule has 0 aliphatic carbocycles. The minimum Gasteiger partial charge on any atom is -0.326 e. The largest absolute Gasteiger partial charge is 0.326 e. The van der Waals surface area contributed by atoms with Crippen molar-refractivity contribution in [3.05, 3.63) is 60.2 Å². The molecule has 0 radical (unpaired) electrons. The minimum absolute atomic E-state index is 0.125. The standard InChI is InChI=1S/C19H22N2O3S/c22-19(12-11-16-7-2-1-3-8-16)20-17-9-6-10-18(15-17)25(23,24)21-13-4-5-14-21/h1-3,6-10,15H,4-5,11-14H2,(H,20,22). The lowest BCUT2D eigenvalue weighted by Gasteiger charge is -2.16. The first kappa shape index (κ1) is 17.6. The number of nitrogens with one attached hydrogen (secondary N) is 1. The lowest BCUT2D eigenvalue weighted by Crippen LogP contribution is -2.27. The number of sulfonamides is 1. The predicted octanol–water partition coefficient (Wildman–Crippen LogP) is 3.04. The van der Waals surface area contributed by atoms with Crippen molar-refractivity contribution >= 4 is 21.6 Å². The SMILES string of the molecule is O=C(CCc1ccccc1)Nc1cccc(S(=O)(=O)N2CCCC2)c1. The van der Waals surface area contributed by atoms with Crippen LogP contribution in [0.2, 0.25) is 0 Å². The summed E-state index contributed by atoms with van der Waals surface area (Å²) in [6.07, 6.45) is 2.80. The summed E-state index contributed by atoms with van der Waals surface area (Å²) in [5.74, 6) is -0.125. The molecule has 2 aromatic rings. The molecule has 1 aliphatic heterocycles. The molecule has 1 amide bonds. The second-order valence-electron chi connectivity index (χ2n) is 6.17. The van der Waals surface area contributed by atoms with Crippen molar-refractivity contribution in [3.8, 4) is 0 Å². The zero-order chi connectivity index (χ0) is 17.7. The number of hydrogen-bond acceptors (Lipinski definition) is 3. The van der Waals surface area contributed by atoms with E-state index in [2.05, 4.69) is 5.32 Å². The first-order chi connectivity index (χ1) is 12.1. The van der Waals surface area contributed by atoms with E-state index in [1.165, 1.54) is 10.4 Å². The molecule has 0 atom stereocenters. The van der Waals surface area contributed by atoms with E-state index < -0.39 is 10.0 Å². The Hall–Kier alpha value is -2.18. The summed E-state index contributed by atoms with van der Waals surface area (Å²) in [6, 6.07) is 16.3. The average Bonchev–Trinajstić information content (AvgIpc) is 3.17. The lowest BCUT2D eigenvalue weighted by molar-refractivity contribution is -0.116. The van der Waals surface area contributed by atoms with E-state index in [1.54, 1.807) is 18.2 Å². The number of carbonyl (C=O) groups is 1. The number of rotatable bonds is 6. The quantitative estimate of drug-likeness (QED) is 0.863. The summed E-state index contributed by atoms with van der Waals surface area (Å²) in [7, 11) is -3.47. The van der Waals surface area contributed by atoms with Gasteiger partial charge < -0.3 is 5.32 Å². The number of anilines is 1. The van der Waals surface area contributed by atoms with E-state index in [0.29, 0.717) is 31.6 Å². The van der Waals surface area contributed by atoms with Crippen molar-refractivity contribution in [1.29, 1.82) is 0 Å². The van der Waals surface area contributed by atoms with Crippen LogP contribution >= 0.6 is 0 Å². The van der Waals surface area contributed by atoms with Gasteiger partial charge >= 0.3 is 0 Å². The third-order valence-electron chi connectivity index (χ3n) is 4.30. The van der Waals surface area contributed by atoms with Gasteiger partial charge in [-0.25, -0.2) is 8.42 Å². The molecule has 2 aromatic carbocycles. The van der Waals surface area contributed by atoms with E-state index in [1.807, 2.05) is 30.3 Å². The van der Waals surface area contributed by atoms with Gasteiger partial charge in [-0.05, 0) is 43.0 Å². The van der Waals surface area contributed by atoms with E-state index >= 15 is 0 Å². The Morgan fingerprint density at radius 3 is 2.44 bits per heavy atom.